The van der Waals surface area contributed by atoms with Crippen LogP contribution in [0.15, 0.2) is 0 Å². The predicted molar refractivity (Wildman–Crippen MR) is 66.3 cm³/mol. The van der Waals surface area contributed by atoms with Gasteiger partial charge in [0.05, 0.1) is 6.26 Å². The summed E-state index contributed by atoms with van der Waals surface area (Å²) >= 11 is 0. The Morgan fingerprint density at radius 2 is 2.06 bits per heavy atom. The van der Waals surface area contributed by atoms with Crippen LogP contribution < -0.4 is 10.6 Å². The zero-order valence-electron chi connectivity index (χ0n) is 10.4. The van der Waals surface area contributed by atoms with Crippen molar-refractivity contribution in [3.8, 4) is 0 Å². The van der Waals surface area contributed by atoms with Gasteiger partial charge in [-0.2, -0.15) is 0 Å². The highest BCUT2D eigenvalue weighted by atomic mass is 32.2. The van der Waals surface area contributed by atoms with Gasteiger partial charge in [0.25, 0.3) is 0 Å². The molecule has 2 N–H and O–H groups in total. The van der Waals surface area contributed by atoms with Crippen LogP contribution in [0.4, 0.5) is 4.79 Å². The molecule has 0 saturated heterocycles. The largest absolute Gasteiger partial charge is 0.338 e. The highest BCUT2D eigenvalue weighted by molar-refractivity contribution is 7.88. The van der Waals surface area contributed by atoms with Crippen LogP contribution in [0.25, 0.3) is 0 Å². The molecule has 0 atom stereocenters. The summed E-state index contributed by atoms with van der Waals surface area (Å²) in [5, 5.41) is 5.52. The number of hydrogen-bond acceptors (Lipinski definition) is 3. The number of carbonyl (C=O) groups is 1. The lowest BCUT2D eigenvalue weighted by molar-refractivity contribution is 0.240. The lowest BCUT2D eigenvalue weighted by Crippen LogP contribution is -2.38. The monoisotopic (exact) mass is 263 g/mol. The van der Waals surface area contributed by atoms with E-state index in [0.29, 0.717) is 32.1 Å². The van der Waals surface area contributed by atoms with Crippen molar-refractivity contribution in [3.05, 3.63) is 0 Å². The molecule has 0 aromatic carbocycles. The van der Waals surface area contributed by atoms with Crippen LogP contribution in [0.3, 0.4) is 0 Å². The third-order valence-corrected chi connectivity index (χ3v) is 3.98. The number of urea groups is 1. The number of amides is 2. The Kier molecular flexibility index (Phi) is 5.20. The fourth-order valence-corrected chi connectivity index (χ4v) is 2.41. The molecular formula is C10H21N3O3S. The van der Waals surface area contributed by atoms with E-state index in [4.69, 9.17) is 0 Å². The Bertz CT molecular complexity index is 352. The summed E-state index contributed by atoms with van der Waals surface area (Å²) in [6.07, 6.45) is 3.94. The first-order valence-corrected chi connectivity index (χ1v) is 7.77. The van der Waals surface area contributed by atoms with E-state index in [-0.39, 0.29) is 6.03 Å². The second-order valence-electron chi connectivity index (χ2n) is 4.28. The van der Waals surface area contributed by atoms with Crippen molar-refractivity contribution < 1.29 is 13.2 Å². The molecule has 1 fully saturated rings. The minimum Gasteiger partial charge on any atom is -0.338 e. The van der Waals surface area contributed by atoms with Crippen molar-refractivity contribution in [2.45, 2.75) is 32.2 Å². The number of carbonyl (C=O) groups excluding carboxylic acids is 1. The maximum atomic E-state index is 11.3. The molecule has 17 heavy (non-hydrogen) atoms. The molecule has 1 rings (SSSR count). The van der Waals surface area contributed by atoms with Gasteiger partial charge < -0.3 is 10.6 Å². The number of rotatable bonds is 7. The van der Waals surface area contributed by atoms with Crippen molar-refractivity contribution in [1.82, 2.24) is 14.9 Å². The van der Waals surface area contributed by atoms with Crippen molar-refractivity contribution in [3.63, 3.8) is 0 Å². The van der Waals surface area contributed by atoms with E-state index in [0.717, 1.165) is 12.8 Å². The smallest absolute Gasteiger partial charge is 0.315 e. The van der Waals surface area contributed by atoms with Gasteiger partial charge in [0.2, 0.25) is 10.0 Å². The van der Waals surface area contributed by atoms with Crippen molar-refractivity contribution in [1.29, 1.82) is 0 Å². The second kappa shape index (κ2) is 6.20. The van der Waals surface area contributed by atoms with Crippen LogP contribution in [-0.2, 0) is 10.0 Å². The molecule has 7 heteroatoms. The van der Waals surface area contributed by atoms with Crippen molar-refractivity contribution >= 4 is 16.1 Å². The van der Waals surface area contributed by atoms with E-state index >= 15 is 0 Å². The summed E-state index contributed by atoms with van der Waals surface area (Å²) < 4.78 is 23.9. The Morgan fingerprint density at radius 3 is 2.53 bits per heavy atom. The summed E-state index contributed by atoms with van der Waals surface area (Å²) in [6, 6.07) is 0.188. The minimum absolute atomic E-state index is 0.157. The lowest BCUT2D eigenvalue weighted by Gasteiger charge is -2.17. The molecule has 0 heterocycles. The molecule has 0 aromatic rings. The number of nitrogens with one attached hydrogen (secondary N) is 2. The molecule has 6 nitrogen and oxygen atoms in total. The molecule has 0 spiro atoms. The van der Waals surface area contributed by atoms with E-state index < -0.39 is 10.0 Å². The van der Waals surface area contributed by atoms with Gasteiger partial charge in [-0.3, -0.25) is 0 Å². The average Bonchev–Trinajstić information content (AvgIpc) is 2.99. The summed E-state index contributed by atoms with van der Waals surface area (Å²) in [4.78, 5) is 11.3. The van der Waals surface area contributed by atoms with Gasteiger partial charge in [0.1, 0.15) is 0 Å². The molecule has 0 aliphatic heterocycles. The van der Waals surface area contributed by atoms with E-state index in [1.807, 2.05) is 0 Å². The van der Waals surface area contributed by atoms with Crippen LogP contribution in [0, 0.1) is 0 Å². The molecule has 1 aliphatic rings. The molecular weight excluding hydrogens is 242 g/mol. The van der Waals surface area contributed by atoms with Gasteiger partial charge in [0, 0.05) is 25.7 Å². The molecule has 0 unspecified atom stereocenters. The van der Waals surface area contributed by atoms with E-state index in [1.165, 1.54) is 10.6 Å². The topological polar surface area (TPSA) is 78.5 Å². The van der Waals surface area contributed by atoms with Crippen molar-refractivity contribution in [2.75, 3.05) is 25.9 Å². The maximum absolute atomic E-state index is 11.3. The fraction of sp³-hybridized carbons (Fsp3) is 0.900. The quantitative estimate of drug-likeness (QED) is 0.640. The van der Waals surface area contributed by atoms with Crippen LogP contribution in [0.1, 0.15) is 26.2 Å². The number of nitrogens with zero attached hydrogens (tertiary/aromatic N) is 1. The molecule has 2 amide bonds. The van der Waals surface area contributed by atoms with Gasteiger partial charge in [-0.05, 0) is 19.3 Å². The predicted octanol–water partition coefficient (Wildman–Crippen LogP) is 0.120. The highest BCUT2D eigenvalue weighted by Crippen LogP contribution is 2.18. The molecule has 1 saturated carbocycles. The average molecular weight is 263 g/mol. The normalized spacial score (nSPS) is 15.9. The second-order valence-corrected chi connectivity index (χ2v) is 6.27. The Balaban J connectivity index is 2.11. The summed E-state index contributed by atoms with van der Waals surface area (Å²) in [5.74, 6) is 0. The molecule has 1 aliphatic carbocycles. The molecule has 100 valence electrons. The standard InChI is InChI=1S/C10H21N3O3S/c1-3-13(17(2,15)16)8-4-7-11-10(14)12-9-5-6-9/h9H,3-8H2,1-2H3,(H2,11,12,14). The van der Waals surface area contributed by atoms with Gasteiger partial charge in [-0.1, -0.05) is 6.92 Å². The third-order valence-electron chi connectivity index (χ3n) is 2.60. The van der Waals surface area contributed by atoms with E-state index in [9.17, 15) is 13.2 Å². The van der Waals surface area contributed by atoms with Gasteiger partial charge in [-0.15, -0.1) is 0 Å². The first-order valence-electron chi connectivity index (χ1n) is 5.93. The number of sulfonamides is 1. The summed E-state index contributed by atoms with van der Waals surface area (Å²) in [6.45, 7) is 3.20. The Hall–Kier alpha value is -0.820. The van der Waals surface area contributed by atoms with Crippen LogP contribution in [0.5, 0.6) is 0 Å². The molecule has 0 radical (unpaired) electrons. The van der Waals surface area contributed by atoms with Crippen molar-refractivity contribution in [2.24, 2.45) is 0 Å². The number of hydrogen-bond donors (Lipinski definition) is 2. The highest BCUT2D eigenvalue weighted by Gasteiger charge is 2.22. The van der Waals surface area contributed by atoms with Crippen LogP contribution >= 0.6 is 0 Å². The van der Waals surface area contributed by atoms with Gasteiger partial charge >= 0.3 is 6.03 Å². The van der Waals surface area contributed by atoms with Crippen LogP contribution in [0.2, 0.25) is 0 Å². The van der Waals surface area contributed by atoms with Crippen LogP contribution in [-0.4, -0.2) is 50.7 Å². The molecule has 0 aromatic heterocycles. The fourth-order valence-electron chi connectivity index (χ4n) is 1.48. The Morgan fingerprint density at radius 1 is 1.41 bits per heavy atom. The van der Waals surface area contributed by atoms with Gasteiger partial charge in [-0.25, -0.2) is 17.5 Å². The zero-order chi connectivity index (χ0) is 12.9. The maximum Gasteiger partial charge on any atom is 0.315 e. The third kappa shape index (κ3) is 5.88. The molecule has 0 bridgehead atoms. The van der Waals surface area contributed by atoms with E-state index in [2.05, 4.69) is 10.6 Å². The van der Waals surface area contributed by atoms with E-state index in [1.54, 1.807) is 6.92 Å². The van der Waals surface area contributed by atoms with Gasteiger partial charge in [0.15, 0.2) is 0 Å². The Labute approximate surface area is 103 Å². The summed E-state index contributed by atoms with van der Waals surface area (Å²) in [5.41, 5.74) is 0. The SMILES string of the molecule is CCN(CCCNC(=O)NC1CC1)S(C)(=O)=O. The summed E-state index contributed by atoms with van der Waals surface area (Å²) in [7, 11) is -3.12. The zero-order valence-corrected chi connectivity index (χ0v) is 11.2. The first-order chi connectivity index (χ1) is 7.93. The lowest BCUT2D eigenvalue weighted by atomic mass is 10.4. The minimum atomic E-state index is -3.12. The first kappa shape index (κ1) is 14.2.